The molecule has 0 aliphatic rings. The lowest BCUT2D eigenvalue weighted by molar-refractivity contribution is 0.962. The molecular weight excluding hydrogens is 502 g/mol. The van der Waals surface area contributed by atoms with Gasteiger partial charge in [-0.05, 0) is 70.6 Å². The van der Waals surface area contributed by atoms with Crippen LogP contribution in [0.25, 0.3) is 0 Å². The third-order valence-electron chi connectivity index (χ3n) is 7.28. The second kappa shape index (κ2) is 12.6. The van der Waals surface area contributed by atoms with Gasteiger partial charge < -0.3 is 16.4 Å². The number of hydrogen-bond acceptors (Lipinski definition) is 5. The number of nitrogen functional groups attached to an aromatic ring is 1. The lowest BCUT2D eigenvalue weighted by Crippen LogP contribution is -2.10. The van der Waals surface area contributed by atoms with Crippen LogP contribution >= 0.6 is 0 Å². The van der Waals surface area contributed by atoms with E-state index in [9.17, 15) is 10.5 Å². The number of benzene rings is 5. The highest BCUT2D eigenvalue weighted by molar-refractivity contribution is 5.63. The van der Waals surface area contributed by atoms with Gasteiger partial charge in [-0.15, -0.1) is 0 Å². The van der Waals surface area contributed by atoms with E-state index < -0.39 is 0 Å². The lowest BCUT2D eigenvalue weighted by Gasteiger charge is -2.23. The van der Waals surface area contributed by atoms with Crippen LogP contribution in [0.1, 0.15) is 50.4 Å². The van der Waals surface area contributed by atoms with Crippen molar-refractivity contribution >= 4 is 17.1 Å². The third-order valence-corrected chi connectivity index (χ3v) is 7.28. The summed E-state index contributed by atoms with van der Waals surface area (Å²) < 4.78 is 0. The highest BCUT2D eigenvalue weighted by atomic mass is 14.9. The maximum Gasteiger partial charge on any atom is 0.0995 e. The average molecular weight is 534 g/mol. The molecule has 0 saturated heterocycles. The number of rotatable bonds is 9. The quantitative estimate of drug-likeness (QED) is 0.133. The van der Waals surface area contributed by atoms with Crippen LogP contribution in [-0.2, 0) is 13.1 Å². The fourth-order valence-electron chi connectivity index (χ4n) is 5.03. The van der Waals surface area contributed by atoms with Crippen LogP contribution in [0.15, 0.2) is 115 Å². The SMILES string of the molecule is Cc1cc(C(c2ccc(NCc3ccccc3)cc2C#N)c2ccc(NCc3ccccc3)cc2C#N)ccc1N. The zero-order chi connectivity index (χ0) is 28.6. The van der Waals surface area contributed by atoms with Crippen molar-refractivity contribution in [1.29, 1.82) is 10.5 Å². The molecule has 5 nitrogen and oxygen atoms in total. The molecule has 0 aliphatic heterocycles. The van der Waals surface area contributed by atoms with E-state index in [2.05, 4.69) is 47.0 Å². The van der Waals surface area contributed by atoms with Crippen molar-refractivity contribution in [1.82, 2.24) is 0 Å². The first-order valence-corrected chi connectivity index (χ1v) is 13.6. The molecule has 0 radical (unpaired) electrons. The summed E-state index contributed by atoms with van der Waals surface area (Å²) in [5, 5.41) is 27.3. The molecule has 5 aromatic carbocycles. The maximum absolute atomic E-state index is 10.2. The summed E-state index contributed by atoms with van der Waals surface area (Å²) in [6, 6.07) is 42.8. The molecule has 5 aromatic rings. The van der Waals surface area contributed by atoms with Crippen LogP contribution in [0.2, 0.25) is 0 Å². The molecular formula is C36H31N5. The van der Waals surface area contributed by atoms with Crippen molar-refractivity contribution < 1.29 is 0 Å². The van der Waals surface area contributed by atoms with Crippen LogP contribution in [-0.4, -0.2) is 0 Å². The number of aryl methyl sites for hydroxylation is 1. The summed E-state index contributed by atoms with van der Waals surface area (Å²) in [5.74, 6) is -0.329. The molecule has 0 aromatic heterocycles. The first-order chi connectivity index (χ1) is 20.1. The van der Waals surface area contributed by atoms with Crippen molar-refractivity contribution in [3.63, 3.8) is 0 Å². The standard InChI is InChI=1S/C36H31N5/c1-25-18-28(12-17-35(25)39)36(33-15-13-31(19-29(33)21-37)40-23-26-8-4-2-5-9-26)34-16-14-32(20-30(34)22-38)41-24-27-10-6-3-7-11-27/h2-20,36,40-41H,23-24,39H2,1H3. The van der Waals surface area contributed by atoms with Gasteiger partial charge in [-0.1, -0.05) is 84.9 Å². The molecule has 0 heterocycles. The van der Waals surface area contributed by atoms with Gasteiger partial charge in [-0.2, -0.15) is 10.5 Å². The Labute approximate surface area is 241 Å². The maximum atomic E-state index is 10.2. The fraction of sp³-hybridized carbons (Fsp3) is 0.111. The summed E-state index contributed by atoms with van der Waals surface area (Å²) in [6.45, 7) is 3.28. The zero-order valence-electron chi connectivity index (χ0n) is 22.9. The van der Waals surface area contributed by atoms with E-state index in [1.54, 1.807) is 0 Å². The van der Waals surface area contributed by atoms with E-state index in [4.69, 9.17) is 5.73 Å². The van der Waals surface area contributed by atoms with Gasteiger partial charge in [0.25, 0.3) is 0 Å². The molecule has 4 N–H and O–H groups in total. The summed E-state index contributed by atoms with van der Waals surface area (Å²) in [5.41, 5.74) is 15.6. The van der Waals surface area contributed by atoms with Crippen LogP contribution in [0.5, 0.6) is 0 Å². The van der Waals surface area contributed by atoms with Crippen molar-refractivity contribution in [2.45, 2.75) is 25.9 Å². The summed E-state index contributed by atoms with van der Waals surface area (Å²) in [7, 11) is 0. The number of nitrogens with one attached hydrogen (secondary N) is 2. The zero-order valence-corrected chi connectivity index (χ0v) is 22.9. The van der Waals surface area contributed by atoms with Crippen molar-refractivity contribution in [3.8, 4) is 12.1 Å². The van der Waals surface area contributed by atoms with Gasteiger partial charge in [-0.25, -0.2) is 0 Å². The molecule has 5 heteroatoms. The summed E-state index contributed by atoms with van der Waals surface area (Å²) in [4.78, 5) is 0. The van der Waals surface area contributed by atoms with E-state index >= 15 is 0 Å². The number of nitrogens with zero attached hydrogens (tertiary/aromatic N) is 2. The van der Waals surface area contributed by atoms with Gasteiger partial charge in [0.1, 0.15) is 0 Å². The largest absolute Gasteiger partial charge is 0.399 e. The van der Waals surface area contributed by atoms with E-state index in [1.165, 1.54) is 0 Å². The molecule has 41 heavy (non-hydrogen) atoms. The Morgan fingerprint density at radius 3 is 1.56 bits per heavy atom. The van der Waals surface area contributed by atoms with Crippen LogP contribution in [0, 0.1) is 29.6 Å². The Morgan fingerprint density at radius 1 is 0.634 bits per heavy atom. The Bertz CT molecular complexity index is 1630. The Hall–Kier alpha value is -5.52. The van der Waals surface area contributed by atoms with E-state index in [0.29, 0.717) is 29.9 Å². The molecule has 0 spiro atoms. The number of hydrogen-bond donors (Lipinski definition) is 3. The summed E-state index contributed by atoms with van der Waals surface area (Å²) in [6.07, 6.45) is 0. The molecule has 0 fully saturated rings. The second-order valence-corrected chi connectivity index (χ2v) is 10.1. The molecule has 0 amide bonds. The Balaban J connectivity index is 1.52. The molecule has 200 valence electrons. The minimum absolute atomic E-state index is 0.329. The van der Waals surface area contributed by atoms with Crippen molar-refractivity contribution in [3.05, 3.63) is 160 Å². The lowest BCUT2D eigenvalue weighted by atomic mass is 9.80. The molecule has 0 unspecified atom stereocenters. The van der Waals surface area contributed by atoms with E-state index in [-0.39, 0.29) is 5.92 Å². The van der Waals surface area contributed by atoms with Crippen LogP contribution in [0.4, 0.5) is 17.1 Å². The van der Waals surface area contributed by atoms with Crippen LogP contribution in [0.3, 0.4) is 0 Å². The topological polar surface area (TPSA) is 97.7 Å². The van der Waals surface area contributed by atoms with Crippen molar-refractivity contribution in [2.75, 3.05) is 16.4 Å². The second-order valence-electron chi connectivity index (χ2n) is 10.1. The fourth-order valence-corrected chi connectivity index (χ4v) is 5.03. The van der Waals surface area contributed by atoms with Gasteiger partial charge in [0.15, 0.2) is 0 Å². The molecule has 0 atom stereocenters. The normalized spacial score (nSPS) is 10.5. The smallest absolute Gasteiger partial charge is 0.0995 e. The minimum Gasteiger partial charge on any atom is -0.399 e. The number of nitriles is 2. The van der Waals surface area contributed by atoms with Gasteiger partial charge >= 0.3 is 0 Å². The highest BCUT2D eigenvalue weighted by Gasteiger charge is 2.24. The Morgan fingerprint density at radius 2 is 1.12 bits per heavy atom. The van der Waals surface area contributed by atoms with Gasteiger partial charge in [0.05, 0.1) is 23.3 Å². The predicted molar refractivity (Wildman–Crippen MR) is 166 cm³/mol. The third kappa shape index (κ3) is 6.38. The molecule has 0 saturated carbocycles. The highest BCUT2D eigenvalue weighted by Crippen LogP contribution is 2.38. The summed E-state index contributed by atoms with van der Waals surface area (Å²) >= 11 is 0. The van der Waals surface area contributed by atoms with Gasteiger partial charge in [0, 0.05) is 36.1 Å². The van der Waals surface area contributed by atoms with E-state index in [1.807, 2.05) is 97.9 Å². The molecule has 5 rings (SSSR count). The monoisotopic (exact) mass is 533 g/mol. The van der Waals surface area contributed by atoms with Crippen molar-refractivity contribution in [2.24, 2.45) is 0 Å². The van der Waals surface area contributed by atoms with Crippen LogP contribution < -0.4 is 16.4 Å². The van der Waals surface area contributed by atoms with Gasteiger partial charge in [-0.3, -0.25) is 0 Å². The molecule has 0 aliphatic carbocycles. The minimum atomic E-state index is -0.329. The molecule has 0 bridgehead atoms. The first kappa shape index (κ1) is 27.1. The Kier molecular flexibility index (Phi) is 8.29. The predicted octanol–water partition coefficient (Wildman–Crippen LogP) is 7.72. The number of anilines is 3. The van der Waals surface area contributed by atoms with Gasteiger partial charge in [0.2, 0.25) is 0 Å². The average Bonchev–Trinajstić information content (AvgIpc) is 3.02. The first-order valence-electron chi connectivity index (χ1n) is 13.6. The van der Waals surface area contributed by atoms with E-state index in [0.717, 1.165) is 44.8 Å². The number of nitrogens with two attached hydrogens (primary N) is 1.